The van der Waals surface area contributed by atoms with Crippen molar-refractivity contribution in [3.8, 4) is 0 Å². The molecule has 0 amide bonds. The van der Waals surface area contributed by atoms with Crippen LogP contribution < -0.4 is 0 Å². The molecule has 3 nitrogen and oxygen atoms in total. The maximum Gasteiger partial charge on any atom is 0.394 e. The van der Waals surface area contributed by atoms with Crippen molar-refractivity contribution in [2.45, 2.75) is 49.8 Å². The Bertz CT molecular complexity index is 357. The molecule has 1 rings (SSSR count). The number of aliphatic hydroxyl groups is 1. The summed E-state index contributed by atoms with van der Waals surface area (Å²) in [5, 5.41) is 9.62. The highest BCUT2D eigenvalue weighted by atomic mass is 19.4. The van der Waals surface area contributed by atoms with Crippen LogP contribution in [0.5, 0.6) is 0 Å². The Morgan fingerprint density at radius 2 is 1.43 bits per heavy atom. The molecule has 0 aromatic heterocycles. The minimum absolute atomic E-state index is 0.0576. The Morgan fingerprint density at radius 1 is 0.913 bits per heavy atom. The van der Waals surface area contributed by atoms with E-state index in [0.717, 1.165) is 0 Å². The first-order chi connectivity index (χ1) is 10.4. The van der Waals surface area contributed by atoms with Gasteiger partial charge in [0.05, 0.1) is 19.3 Å². The Morgan fingerprint density at radius 3 is 1.96 bits per heavy atom. The molecular formula is C13H20F7NO2. The lowest BCUT2D eigenvalue weighted by Crippen LogP contribution is -2.42. The standard InChI is InChI=1S/C13H20F7NO2/c14-11(15,1-2-12(16,17)9-13(18,19)20)7-10(22)8-21-3-5-23-6-4-21/h10,22H,1-9H2. The van der Waals surface area contributed by atoms with Crippen molar-refractivity contribution in [2.75, 3.05) is 32.8 Å². The van der Waals surface area contributed by atoms with Crippen LogP contribution in [0.3, 0.4) is 0 Å². The van der Waals surface area contributed by atoms with Gasteiger partial charge in [0.2, 0.25) is 0 Å². The third-order valence-corrected chi connectivity index (χ3v) is 3.42. The summed E-state index contributed by atoms with van der Waals surface area (Å²) in [4.78, 5) is 1.70. The van der Waals surface area contributed by atoms with Gasteiger partial charge in [0, 0.05) is 38.9 Å². The third kappa shape index (κ3) is 9.31. The molecule has 1 heterocycles. The number of ether oxygens (including phenoxy) is 1. The van der Waals surface area contributed by atoms with Gasteiger partial charge >= 0.3 is 6.18 Å². The smallest absolute Gasteiger partial charge is 0.392 e. The van der Waals surface area contributed by atoms with Gasteiger partial charge in [-0.1, -0.05) is 0 Å². The minimum Gasteiger partial charge on any atom is -0.392 e. The molecule has 1 atom stereocenters. The third-order valence-electron chi connectivity index (χ3n) is 3.42. The molecule has 1 saturated heterocycles. The number of aliphatic hydroxyl groups excluding tert-OH is 1. The highest BCUT2D eigenvalue weighted by Crippen LogP contribution is 2.38. The van der Waals surface area contributed by atoms with E-state index in [1.54, 1.807) is 4.90 Å². The summed E-state index contributed by atoms with van der Waals surface area (Å²) >= 11 is 0. The molecule has 0 spiro atoms. The fourth-order valence-corrected chi connectivity index (χ4v) is 2.34. The van der Waals surface area contributed by atoms with Gasteiger partial charge in [-0.15, -0.1) is 0 Å². The number of alkyl halides is 7. The number of β-amino-alcohol motifs (C(OH)–C–C–N with tert-alkyl or cyclic N) is 1. The van der Waals surface area contributed by atoms with E-state index in [0.29, 0.717) is 26.3 Å². The Hall–Kier alpha value is -0.610. The van der Waals surface area contributed by atoms with Gasteiger partial charge in [-0.2, -0.15) is 13.2 Å². The number of rotatable bonds is 8. The summed E-state index contributed by atoms with van der Waals surface area (Å²) in [7, 11) is 0. The van der Waals surface area contributed by atoms with Gasteiger partial charge in [0.25, 0.3) is 11.8 Å². The lowest BCUT2D eigenvalue weighted by atomic mass is 10.0. The predicted octanol–water partition coefficient (Wildman–Crippen LogP) is 3.07. The molecule has 1 unspecified atom stereocenters. The van der Waals surface area contributed by atoms with Crippen LogP contribution in [0.25, 0.3) is 0 Å². The van der Waals surface area contributed by atoms with Crippen molar-refractivity contribution >= 4 is 0 Å². The van der Waals surface area contributed by atoms with Crippen molar-refractivity contribution < 1.29 is 40.6 Å². The fourth-order valence-electron chi connectivity index (χ4n) is 2.34. The van der Waals surface area contributed by atoms with E-state index in [9.17, 15) is 35.8 Å². The van der Waals surface area contributed by atoms with E-state index in [1.165, 1.54) is 0 Å². The number of nitrogens with zero attached hydrogens (tertiary/aromatic N) is 1. The van der Waals surface area contributed by atoms with Crippen molar-refractivity contribution in [3.63, 3.8) is 0 Å². The highest BCUT2D eigenvalue weighted by Gasteiger charge is 2.45. The molecule has 1 aliphatic heterocycles. The molecule has 1 fully saturated rings. The number of hydrogen-bond acceptors (Lipinski definition) is 3. The highest BCUT2D eigenvalue weighted by molar-refractivity contribution is 4.79. The zero-order chi connectivity index (χ0) is 17.7. The van der Waals surface area contributed by atoms with Crippen LogP contribution >= 0.6 is 0 Å². The second-order valence-electron chi connectivity index (χ2n) is 5.77. The van der Waals surface area contributed by atoms with Gasteiger partial charge in [0.1, 0.15) is 6.42 Å². The van der Waals surface area contributed by atoms with E-state index in [1.807, 2.05) is 0 Å². The van der Waals surface area contributed by atoms with Crippen LogP contribution in [-0.2, 0) is 4.74 Å². The summed E-state index contributed by atoms with van der Waals surface area (Å²) < 4.78 is 94.0. The van der Waals surface area contributed by atoms with Crippen LogP contribution in [0, 0.1) is 0 Å². The largest absolute Gasteiger partial charge is 0.394 e. The average molecular weight is 355 g/mol. The summed E-state index contributed by atoms with van der Waals surface area (Å²) in [6.45, 7) is 1.69. The van der Waals surface area contributed by atoms with E-state index in [2.05, 4.69) is 0 Å². The Labute approximate surface area is 129 Å². The van der Waals surface area contributed by atoms with Gasteiger partial charge in [-0.25, -0.2) is 17.6 Å². The zero-order valence-corrected chi connectivity index (χ0v) is 12.4. The minimum atomic E-state index is -5.12. The number of halogens is 7. The number of morpholine rings is 1. The molecule has 23 heavy (non-hydrogen) atoms. The molecule has 0 radical (unpaired) electrons. The quantitative estimate of drug-likeness (QED) is 0.680. The lowest BCUT2D eigenvalue weighted by Gasteiger charge is -2.30. The van der Waals surface area contributed by atoms with Gasteiger partial charge in [0.15, 0.2) is 0 Å². The van der Waals surface area contributed by atoms with Gasteiger partial charge < -0.3 is 9.84 Å². The SMILES string of the molecule is OC(CN1CCOCC1)CC(F)(F)CCC(F)(F)CC(F)(F)F. The average Bonchev–Trinajstić information content (AvgIpc) is 2.34. The van der Waals surface area contributed by atoms with Crippen molar-refractivity contribution in [1.82, 2.24) is 4.90 Å². The monoisotopic (exact) mass is 355 g/mol. The molecule has 0 aromatic carbocycles. The zero-order valence-electron chi connectivity index (χ0n) is 12.4. The molecular weight excluding hydrogens is 335 g/mol. The predicted molar refractivity (Wildman–Crippen MR) is 67.7 cm³/mol. The molecule has 0 aliphatic carbocycles. The van der Waals surface area contributed by atoms with Crippen LogP contribution in [0.2, 0.25) is 0 Å². The summed E-state index contributed by atoms with van der Waals surface area (Å²) in [5.74, 6) is -7.89. The molecule has 138 valence electrons. The van der Waals surface area contributed by atoms with Crippen molar-refractivity contribution in [3.05, 3.63) is 0 Å². The molecule has 1 aliphatic rings. The molecule has 1 N–H and O–H groups in total. The van der Waals surface area contributed by atoms with Crippen molar-refractivity contribution in [2.24, 2.45) is 0 Å². The topological polar surface area (TPSA) is 32.7 Å². The summed E-state index contributed by atoms with van der Waals surface area (Å²) in [5.41, 5.74) is 0. The Kier molecular flexibility index (Phi) is 7.09. The first-order valence-electron chi connectivity index (χ1n) is 7.19. The molecule has 10 heteroatoms. The van der Waals surface area contributed by atoms with Crippen LogP contribution in [0.1, 0.15) is 25.7 Å². The molecule has 0 bridgehead atoms. The van der Waals surface area contributed by atoms with E-state index >= 15 is 0 Å². The van der Waals surface area contributed by atoms with E-state index in [4.69, 9.17) is 4.74 Å². The normalized spacial score (nSPS) is 19.8. The molecule has 0 saturated carbocycles. The molecule has 0 aromatic rings. The van der Waals surface area contributed by atoms with Crippen LogP contribution in [-0.4, -0.2) is 67.0 Å². The first kappa shape index (κ1) is 20.4. The van der Waals surface area contributed by atoms with Gasteiger partial charge in [-0.3, -0.25) is 4.90 Å². The number of hydrogen-bond donors (Lipinski definition) is 1. The van der Waals surface area contributed by atoms with Gasteiger partial charge in [-0.05, 0) is 0 Å². The van der Waals surface area contributed by atoms with Crippen LogP contribution in [0.15, 0.2) is 0 Å². The second-order valence-corrected chi connectivity index (χ2v) is 5.77. The van der Waals surface area contributed by atoms with Crippen LogP contribution in [0.4, 0.5) is 30.7 Å². The first-order valence-corrected chi connectivity index (χ1v) is 7.19. The summed E-state index contributed by atoms with van der Waals surface area (Å²) in [6.07, 6.45) is -13.0. The fraction of sp³-hybridized carbons (Fsp3) is 1.00. The maximum atomic E-state index is 13.6. The summed E-state index contributed by atoms with van der Waals surface area (Å²) in [6, 6.07) is 0. The van der Waals surface area contributed by atoms with E-state index in [-0.39, 0.29) is 6.54 Å². The second kappa shape index (κ2) is 7.98. The Balaban J connectivity index is 2.39. The van der Waals surface area contributed by atoms with Crippen molar-refractivity contribution in [1.29, 1.82) is 0 Å². The van der Waals surface area contributed by atoms with E-state index < -0.39 is 49.8 Å². The maximum absolute atomic E-state index is 13.6. The lowest BCUT2D eigenvalue weighted by molar-refractivity contribution is -0.194.